The third kappa shape index (κ3) is 2.49. The minimum absolute atomic E-state index is 0.382. The van der Waals surface area contributed by atoms with Crippen LogP contribution in [0.1, 0.15) is 57.3 Å². The second-order valence-corrected chi connectivity index (χ2v) is 11.5. The van der Waals surface area contributed by atoms with Crippen LogP contribution in [0.25, 0.3) is 16.7 Å². The molecule has 0 heterocycles. The van der Waals surface area contributed by atoms with Gasteiger partial charge in [-0.2, -0.15) is 0 Å². The molecular weight excluding hydrogens is 352 g/mol. The number of rotatable bonds is 2. The Bertz CT molecular complexity index is 1130. The van der Waals surface area contributed by atoms with Crippen molar-refractivity contribution in [1.29, 1.82) is 0 Å². The van der Waals surface area contributed by atoms with Crippen LogP contribution in [0, 0.1) is 13.8 Å². The van der Waals surface area contributed by atoms with Crippen molar-refractivity contribution in [3.05, 3.63) is 99.6 Å². The lowest BCUT2D eigenvalue weighted by atomic mass is 9.88. The third-order valence-corrected chi connectivity index (χ3v) is 8.32. The molecule has 0 aliphatic heterocycles. The molecule has 0 nitrogen and oxygen atoms in total. The van der Waals surface area contributed by atoms with Crippen LogP contribution >= 0.6 is 0 Å². The Morgan fingerprint density at radius 3 is 2.29 bits per heavy atom. The second-order valence-electron chi connectivity index (χ2n) is 8.82. The van der Waals surface area contributed by atoms with Gasteiger partial charge < -0.3 is 0 Å². The van der Waals surface area contributed by atoms with Crippen LogP contribution in [0.15, 0.2) is 60.7 Å². The van der Waals surface area contributed by atoms with Crippen LogP contribution in [-0.4, -0.2) is 8.80 Å². The Morgan fingerprint density at radius 1 is 0.750 bits per heavy atom. The van der Waals surface area contributed by atoms with Gasteiger partial charge in [0.2, 0.25) is 0 Å². The first kappa shape index (κ1) is 17.7. The number of hydrogen-bond donors (Lipinski definition) is 0. The van der Waals surface area contributed by atoms with Crippen LogP contribution < -0.4 is 0 Å². The zero-order valence-electron chi connectivity index (χ0n) is 17.4. The molecule has 0 saturated heterocycles. The number of benzene rings is 3. The van der Waals surface area contributed by atoms with E-state index in [0.717, 1.165) is 0 Å². The van der Waals surface area contributed by atoms with Gasteiger partial charge in [0.15, 0.2) is 0 Å². The van der Waals surface area contributed by atoms with Gasteiger partial charge >= 0.3 is 0 Å². The van der Waals surface area contributed by atoms with E-state index in [1.54, 1.807) is 11.1 Å². The summed E-state index contributed by atoms with van der Waals surface area (Å²) < 4.78 is 0. The summed E-state index contributed by atoms with van der Waals surface area (Å²) in [7, 11) is -0.475. The van der Waals surface area contributed by atoms with Gasteiger partial charge in [-0.1, -0.05) is 79.3 Å². The first-order chi connectivity index (χ1) is 13.5. The lowest BCUT2D eigenvalue weighted by Gasteiger charge is -2.19. The summed E-state index contributed by atoms with van der Waals surface area (Å²) >= 11 is 0. The summed E-state index contributed by atoms with van der Waals surface area (Å²) in [6, 6.07) is 21.0. The van der Waals surface area contributed by atoms with Crippen LogP contribution in [0.5, 0.6) is 0 Å². The lowest BCUT2D eigenvalue weighted by Crippen LogP contribution is -2.15. The lowest BCUT2D eigenvalue weighted by molar-refractivity contribution is 1.03. The van der Waals surface area contributed by atoms with Crippen LogP contribution in [-0.2, 0) is 0 Å². The van der Waals surface area contributed by atoms with Crippen molar-refractivity contribution in [2.24, 2.45) is 0 Å². The highest BCUT2D eigenvalue weighted by Crippen LogP contribution is 2.48. The van der Waals surface area contributed by atoms with Crippen LogP contribution in [0.4, 0.5) is 0 Å². The molecule has 5 rings (SSSR count). The first-order valence-corrected chi connectivity index (χ1v) is 12.9. The summed E-state index contributed by atoms with van der Waals surface area (Å²) in [5.41, 5.74) is 15.2. The summed E-state index contributed by atoms with van der Waals surface area (Å²) in [5.74, 6) is 0.382. The highest BCUT2D eigenvalue weighted by Gasteiger charge is 2.32. The fraction of sp³-hybridized carbons (Fsp3) is 0.259. The number of aryl methyl sites for hydroxylation is 2. The van der Waals surface area contributed by atoms with Gasteiger partial charge in [0.1, 0.15) is 0 Å². The third-order valence-electron chi connectivity index (χ3n) is 6.54. The van der Waals surface area contributed by atoms with Crippen molar-refractivity contribution >= 4 is 14.4 Å². The molecule has 139 valence electrons. The number of hydrogen-bond acceptors (Lipinski definition) is 0. The molecule has 3 aromatic carbocycles. The van der Waals surface area contributed by atoms with Gasteiger partial charge in [0, 0.05) is 11.5 Å². The van der Waals surface area contributed by atoms with Crippen molar-refractivity contribution in [3.8, 4) is 11.1 Å². The molecule has 0 fully saturated rings. The fourth-order valence-corrected chi connectivity index (χ4v) is 7.26. The topological polar surface area (TPSA) is 0 Å². The molecule has 2 unspecified atom stereocenters. The SMILES string of the molecule is CC1=CC(c2ccc3c(c2)C([Si](C)C)c2ccccc2-3)c2cc(C)cc(C)c21. The molecule has 0 bridgehead atoms. The normalized spacial score (nSPS) is 19.4. The number of allylic oxidation sites excluding steroid dienone is 2. The van der Waals surface area contributed by atoms with Gasteiger partial charge in [-0.05, 0) is 70.9 Å². The maximum Gasteiger partial charge on any atom is 0.0556 e. The van der Waals surface area contributed by atoms with E-state index < -0.39 is 8.80 Å². The van der Waals surface area contributed by atoms with E-state index in [1.807, 2.05) is 0 Å². The van der Waals surface area contributed by atoms with E-state index in [9.17, 15) is 0 Å². The van der Waals surface area contributed by atoms with E-state index in [2.05, 4.69) is 94.5 Å². The van der Waals surface area contributed by atoms with E-state index in [1.165, 1.54) is 44.5 Å². The van der Waals surface area contributed by atoms with Crippen LogP contribution in [0.2, 0.25) is 13.1 Å². The molecule has 28 heavy (non-hydrogen) atoms. The van der Waals surface area contributed by atoms with E-state index in [4.69, 9.17) is 0 Å². The maximum atomic E-state index is 2.53. The predicted octanol–water partition coefficient (Wildman–Crippen LogP) is 7.26. The summed E-state index contributed by atoms with van der Waals surface area (Å²) in [4.78, 5) is 0. The summed E-state index contributed by atoms with van der Waals surface area (Å²) in [5, 5.41) is 0. The molecule has 3 aromatic rings. The van der Waals surface area contributed by atoms with Gasteiger partial charge in [-0.15, -0.1) is 0 Å². The Labute approximate surface area is 170 Å². The molecule has 0 N–H and O–H groups in total. The zero-order chi connectivity index (χ0) is 19.6. The standard InChI is InChI=1S/C27H27Si/c1-16-12-17(2)26-18(3)14-23(24(26)13-16)19-10-11-21-20-8-6-7-9-22(20)27(28(4)5)25(21)15-19/h6-15,23,27H,1-5H3. The highest BCUT2D eigenvalue weighted by molar-refractivity contribution is 6.59. The molecule has 0 aromatic heterocycles. The van der Waals surface area contributed by atoms with E-state index in [-0.39, 0.29) is 0 Å². The Balaban J connectivity index is 1.67. The van der Waals surface area contributed by atoms with E-state index >= 15 is 0 Å². The minimum Gasteiger partial charge on any atom is -0.0705 e. The quantitative estimate of drug-likeness (QED) is 0.411. The average Bonchev–Trinajstić information content (AvgIpc) is 3.16. The van der Waals surface area contributed by atoms with E-state index in [0.29, 0.717) is 11.5 Å². The second kappa shape index (κ2) is 6.32. The Hall–Kier alpha value is -2.38. The molecule has 2 aliphatic carbocycles. The Morgan fingerprint density at radius 2 is 1.50 bits per heavy atom. The average molecular weight is 380 g/mol. The molecule has 0 spiro atoms. The highest BCUT2D eigenvalue weighted by atomic mass is 28.3. The van der Waals surface area contributed by atoms with Crippen molar-refractivity contribution in [3.63, 3.8) is 0 Å². The van der Waals surface area contributed by atoms with Crippen molar-refractivity contribution < 1.29 is 0 Å². The molecule has 1 radical (unpaired) electrons. The van der Waals surface area contributed by atoms with Crippen LogP contribution in [0.3, 0.4) is 0 Å². The van der Waals surface area contributed by atoms with Crippen molar-refractivity contribution in [1.82, 2.24) is 0 Å². The smallest absolute Gasteiger partial charge is 0.0556 e. The van der Waals surface area contributed by atoms with Gasteiger partial charge in [0.05, 0.1) is 8.80 Å². The van der Waals surface area contributed by atoms with Gasteiger partial charge in [0.25, 0.3) is 0 Å². The van der Waals surface area contributed by atoms with Gasteiger partial charge in [-0.25, -0.2) is 0 Å². The molecule has 1 heteroatoms. The predicted molar refractivity (Wildman–Crippen MR) is 123 cm³/mol. The monoisotopic (exact) mass is 379 g/mol. The first-order valence-electron chi connectivity index (χ1n) is 10.3. The van der Waals surface area contributed by atoms with Crippen molar-refractivity contribution in [2.75, 3.05) is 0 Å². The molecular formula is C27H27Si. The molecule has 0 amide bonds. The fourth-order valence-electron chi connectivity index (χ4n) is 5.53. The minimum atomic E-state index is -0.475. The number of fused-ring (bicyclic) bond motifs is 4. The van der Waals surface area contributed by atoms with Gasteiger partial charge in [-0.3, -0.25) is 0 Å². The zero-order valence-corrected chi connectivity index (χ0v) is 18.4. The van der Waals surface area contributed by atoms with Crippen molar-refractivity contribution in [2.45, 2.75) is 45.3 Å². The molecule has 0 saturated carbocycles. The molecule has 2 aliphatic rings. The molecule has 2 atom stereocenters. The Kier molecular flexibility index (Phi) is 3.99. The largest absolute Gasteiger partial charge is 0.0705 e. The summed E-state index contributed by atoms with van der Waals surface area (Å²) in [6.07, 6.45) is 2.47. The maximum absolute atomic E-state index is 2.53. The summed E-state index contributed by atoms with van der Waals surface area (Å²) in [6.45, 7) is 11.7.